The number of nitrogens with one attached hydrogen (secondary N) is 3. The summed E-state index contributed by atoms with van der Waals surface area (Å²) in [7, 11) is 0. The largest absolute Gasteiger partial charge is 0.326 e. The molecule has 3 rings (SSSR count). The van der Waals surface area contributed by atoms with Crippen LogP contribution < -0.4 is 16.0 Å². The number of aromatic nitrogens is 1. The minimum absolute atomic E-state index is 0.173. The lowest BCUT2D eigenvalue weighted by atomic mass is 10.1. The Morgan fingerprint density at radius 2 is 1.28 bits per heavy atom. The van der Waals surface area contributed by atoms with Gasteiger partial charge in [0.15, 0.2) is 0 Å². The van der Waals surface area contributed by atoms with Crippen LogP contribution in [0.3, 0.4) is 0 Å². The molecule has 0 aliphatic heterocycles. The summed E-state index contributed by atoms with van der Waals surface area (Å²) in [6, 6.07) is 15.6. The van der Waals surface area contributed by atoms with Crippen molar-refractivity contribution in [2.75, 3.05) is 16.0 Å². The van der Waals surface area contributed by atoms with Crippen molar-refractivity contribution < 1.29 is 14.4 Å². The predicted molar refractivity (Wildman–Crippen MR) is 112 cm³/mol. The molecule has 0 atom stereocenters. The van der Waals surface area contributed by atoms with Gasteiger partial charge in [0, 0.05) is 36.4 Å². The summed E-state index contributed by atoms with van der Waals surface area (Å²) >= 11 is 0. The zero-order valence-electron chi connectivity index (χ0n) is 16.0. The monoisotopic (exact) mass is 388 g/mol. The van der Waals surface area contributed by atoms with Crippen molar-refractivity contribution in [1.29, 1.82) is 0 Å². The van der Waals surface area contributed by atoms with E-state index in [-0.39, 0.29) is 22.9 Å². The SMILES string of the molecule is CC(=O)Nc1ccc(NC(=O)c2cncc(C(=O)Nc3cccc(C)c3)c2)cc1. The Morgan fingerprint density at radius 3 is 1.83 bits per heavy atom. The van der Waals surface area contributed by atoms with Gasteiger partial charge in [-0.15, -0.1) is 0 Å². The van der Waals surface area contributed by atoms with Gasteiger partial charge in [-0.2, -0.15) is 0 Å². The Morgan fingerprint density at radius 1 is 0.724 bits per heavy atom. The molecule has 29 heavy (non-hydrogen) atoms. The predicted octanol–water partition coefficient (Wildman–Crippen LogP) is 3.85. The molecule has 0 radical (unpaired) electrons. The highest BCUT2D eigenvalue weighted by Gasteiger charge is 2.12. The van der Waals surface area contributed by atoms with Crippen LogP contribution in [-0.2, 0) is 4.79 Å². The lowest BCUT2D eigenvalue weighted by molar-refractivity contribution is -0.114. The first-order valence-electron chi connectivity index (χ1n) is 8.93. The average Bonchev–Trinajstić information content (AvgIpc) is 2.69. The normalized spacial score (nSPS) is 10.1. The van der Waals surface area contributed by atoms with Gasteiger partial charge in [0.05, 0.1) is 11.1 Å². The van der Waals surface area contributed by atoms with E-state index in [4.69, 9.17) is 0 Å². The highest BCUT2D eigenvalue weighted by atomic mass is 16.2. The molecule has 0 bridgehead atoms. The maximum absolute atomic E-state index is 12.5. The van der Waals surface area contributed by atoms with E-state index in [1.54, 1.807) is 30.3 Å². The van der Waals surface area contributed by atoms with Gasteiger partial charge in [0.1, 0.15) is 0 Å². The first-order valence-corrected chi connectivity index (χ1v) is 8.93. The highest BCUT2D eigenvalue weighted by molar-refractivity contribution is 6.08. The molecule has 0 fully saturated rings. The number of amides is 3. The average molecular weight is 388 g/mol. The van der Waals surface area contributed by atoms with Crippen molar-refractivity contribution in [2.45, 2.75) is 13.8 Å². The highest BCUT2D eigenvalue weighted by Crippen LogP contribution is 2.16. The Hall–Kier alpha value is -4.00. The zero-order chi connectivity index (χ0) is 20.8. The van der Waals surface area contributed by atoms with E-state index in [1.165, 1.54) is 25.4 Å². The molecular weight excluding hydrogens is 368 g/mol. The molecule has 0 saturated carbocycles. The van der Waals surface area contributed by atoms with Crippen LogP contribution in [0.1, 0.15) is 33.2 Å². The number of aryl methyl sites for hydroxylation is 1. The lowest BCUT2D eigenvalue weighted by Crippen LogP contribution is -2.16. The molecule has 2 aromatic carbocycles. The second-order valence-corrected chi connectivity index (χ2v) is 6.50. The topological polar surface area (TPSA) is 100 Å². The quantitative estimate of drug-likeness (QED) is 0.618. The first kappa shape index (κ1) is 19.8. The number of rotatable bonds is 5. The van der Waals surface area contributed by atoms with Crippen LogP contribution >= 0.6 is 0 Å². The fourth-order valence-electron chi connectivity index (χ4n) is 2.66. The number of pyridine rings is 1. The summed E-state index contributed by atoms with van der Waals surface area (Å²) in [4.78, 5) is 40.0. The Balaban J connectivity index is 1.68. The molecular formula is C22H20N4O3. The third-order valence-electron chi connectivity index (χ3n) is 4.00. The van der Waals surface area contributed by atoms with Crippen LogP contribution in [0.5, 0.6) is 0 Å². The zero-order valence-corrected chi connectivity index (χ0v) is 16.0. The smallest absolute Gasteiger partial charge is 0.257 e. The number of carbonyl (C=O) groups is 3. The van der Waals surface area contributed by atoms with Gasteiger partial charge < -0.3 is 16.0 Å². The third kappa shape index (κ3) is 5.49. The van der Waals surface area contributed by atoms with Crippen LogP contribution in [0.4, 0.5) is 17.1 Å². The van der Waals surface area contributed by atoms with Crippen molar-refractivity contribution >= 4 is 34.8 Å². The molecule has 0 aliphatic rings. The van der Waals surface area contributed by atoms with Gasteiger partial charge in [0.2, 0.25) is 5.91 Å². The number of carbonyl (C=O) groups excluding carboxylic acids is 3. The van der Waals surface area contributed by atoms with E-state index >= 15 is 0 Å². The number of nitrogens with zero attached hydrogens (tertiary/aromatic N) is 1. The molecule has 3 amide bonds. The maximum atomic E-state index is 12.5. The van der Waals surface area contributed by atoms with Crippen LogP contribution in [0.2, 0.25) is 0 Å². The third-order valence-corrected chi connectivity index (χ3v) is 4.00. The standard InChI is InChI=1S/C22H20N4O3/c1-14-4-3-5-20(10-14)26-22(29)17-11-16(12-23-13-17)21(28)25-19-8-6-18(7-9-19)24-15(2)27/h3-13H,1-2H3,(H,24,27)(H,25,28)(H,26,29). The minimum atomic E-state index is -0.394. The van der Waals surface area contributed by atoms with Crippen molar-refractivity contribution in [3.05, 3.63) is 83.7 Å². The summed E-state index contributed by atoms with van der Waals surface area (Å²) in [6.07, 6.45) is 2.80. The number of hydrogen-bond donors (Lipinski definition) is 3. The number of benzene rings is 2. The van der Waals surface area contributed by atoms with Gasteiger partial charge in [-0.3, -0.25) is 19.4 Å². The van der Waals surface area contributed by atoms with E-state index in [0.717, 1.165) is 5.56 Å². The summed E-state index contributed by atoms with van der Waals surface area (Å²) in [5, 5.41) is 8.18. The van der Waals surface area contributed by atoms with Crippen molar-refractivity contribution in [2.24, 2.45) is 0 Å². The fraction of sp³-hybridized carbons (Fsp3) is 0.0909. The Kier molecular flexibility index (Phi) is 5.99. The second kappa shape index (κ2) is 8.79. The molecule has 0 saturated heterocycles. The molecule has 3 aromatic rings. The molecule has 1 heterocycles. The van der Waals surface area contributed by atoms with Gasteiger partial charge >= 0.3 is 0 Å². The van der Waals surface area contributed by atoms with E-state index in [1.807, 2.05) is 25.1 Å². The van der Waals surface area contributed by atoms with Gasteiger partial charge in [-0.1, -0.05) is 12.1 Å². The van der Waals surface area contributed by atoms with E-state index in [2.05, 4.69) is 20.9 Å². The number of anilines is 3. The van der Waals surface area contributed by atoms with Gasteiger partial charge in [-0.05, 0) is 55.0 Å². The van der Waals surface area contributed by atoms with Gasteiger partial charge in [-0.25, -0.2) is 0 Å². The number of hydrogen-bond acceptors (Lipinski definition) is 4. The van der Waals surface area contributed by atoms with E-state index in [0.29, 0.717) is 17.1 Å². The minimum Gasteiger partial charge on any atom is -0.326 e. The Labute approximate surface area is 168 Å². The first-order chi connectivity index (χ1) is 13.9. The van der Waals surface area contributed by atoms with E-state index in [9.17, 15) is 14.4 Å². The van der Waals surface area contributed by atoms with Crippen molar-refractivity contribution in [1.82, 2.24) is 4.98 Å². The molecule has 7 nitrogen and oxygen atoms in total. The summed E-state index contributed by atoms with van der Waals surface area (Å²) in [5.74, 6) is -0.916. The molecule has 0 spiro atoms. The van der Waals surface area contributed by atoms with Crippen LogP contribution in [0.15, 0.2) is 67.0 Å². The second-order valence-electron chi connectivity index (χ2n) is 6.50. The molecule has 7 heteroatoms. The summed E-state index contributed by atoms with van der Waals surface area (Å²) < 4.78 is 0. The Bertz CT molecular complexity index is 1060. The van der Waals surface area contributed by atoms with Crippen molar-refractivity contribution in [3.8, 4) is 0 Å². The van der Waals surface area contributed by atoms with Crippen molar-refractivity contribution in [3.63, 3.8) is 0 Å². The van der Waals surface area contributed by atoms with Crippen LogP contribution in [0, 0.1) is 6.92 Å². The molecule has 3 N–H and O–H groups in total. The van der Waals surface area contributed by atoms with Gasteiger partial charge in [0.25, 0.3) is 11.8 Å². The molecule has 0 aliphatic carbocycles. The van der Waals surface area contributed by atoms with Crippen LogP contribution in [-0.4, -0.2) is 22.7 Å². The lowest BCUT2D eigenvalue weighted by Gasteiger charge is -2.09. The van der Waals surface area contributed by atoms with Crippen LogP contribution in [0.25, 0.3) is 0 Å². The molecule has 146 valence electrons. The summed E-state index contributed by atoms with van der Waals surface area (Å²) in [6.45, 7) is 3.36. The fourth-order valence-corrected chi connectivity index (χ4v) is 2.66. The summed E-state index contributed by atoms with van der Waals surface area (Å²) in [5.41, 5.74) is 3.42. The molecule has 1 aromatic heterocycles. The maximum Gasteiger partial charge on any atom is 0.257 e. The molecule has 0 unspecified atom stereocenters. The van der Waals surface area contributed by atoms with E-state index < -0.39 is 5.91 Å².